The first-order valence-corrected chi connectivity index (χ1v) is 9.24. The van der Waals surface area contributed by atoms with Crippen LogP contribution in [0.5, 0.6) is 0 Å². The minimum atomic E-state index is 0.109. The van der Waals surface area contributed by atoms with E-state index in [1.54, 1.807) is 0 Å². The first-order chi connectivity index (χ1) is 12.7. The van der Waals surface area contributed by atoms with E-state index >= 15 is 0 Å². The van der Waals surface area contributed by atoms with Gasteiger partial charge in [-0.1, -0.05) is 12.1 Å². The first-order valence-electron chi connectivity index (χ1n) is 9.24. The van der Waals surface area contributed by atoms with Crippen LogP contribution in [0, 0.1) is 11.3 Å². The van der Waals surface area contributed by atoms with Crippen molar-refractivity contribution < 1.29 is 4.79 Å². The van der Waals surface area contributed by atoms with E-state index < -0.39 is 0 Å². The third kappa shape index (κ3) is 2.28. The van der Waals surface area contributed by atoms with Crippen molar-refractivity contribution in [1.82, 2.24) is 4.90 Å². The van der Waals surface area contributed by atoms with Gasteiger partial charge in [0, 0.05) is 36.7 Å². The van der Waals surface area contributed by atoms with Crippen molar-refractivity contribution in [3.05, 3.63) is 64.2 Å². The standard InChI is InChI=1S/C22H19N3O/c23-13-14-3-4-16-12-21-18(19(16)10-14)2-1-9-25(21)22(26)17-6-5-15-7-8-24-20(15)11-17/h3-6,8,10-11,18,21H,1-2,7,9,12H2/t18?,21-/m0/s1. The van der Waals surface area contributed by atoms with Crippen LogP contribution in [-0.4, -0.2) is 29.6 Å². The van der Waals surface area contributed by atoms with E-state index in [0.29, 0.717) is 11.5 Å². The van der Waals surface area contributed by atoms with E-state index in [1.807, 2.05) is 36.5 Å². The van der Waals surface area contributed by atoms with Gasteiger partial charge in [-0.3, -0.25) is 9.79 Å². The molecule has 1 saturated heterocycles. The van der Waals surface area contributed by atoms with Crippen LogP contribution in [0.25, 0.3) is 0 Å². The zero-order valence-corrected chi connectivity index (χ0v) is 14.5. The number of carbonyl (C=O) groups excluding carboxylic acids is 1. The molecular weight excluding hydrogens is 322 g/mol. The summed E-state index contributed by atoms with van der Waals surface area (Å²) < 4.78 is 0. The van der Waals surface area contributed by atoms with Gasteiger partial charge < -0.3 is 4.90 Å². The topological polar surface area (TPSA) is 56.5 Å². The van der Waals surface area contributed by atoms with Crippen molar-refractivity contribution >= 4 is 17.8 Å². The Bertz CT molecular complexity index is 985. The molecular formula is C22H19N3O. The van der Waals surface area contributed by atoms with Gasteiger partial charge in [-0.05, 0) is 60.2 Å². The fourth-order valence-electron chi connectivity index (χ4n) is 4.74. The van der Waals surface area contributed by atoms with Gasteiger partial charge in [-0.25, -0.2) is 0 Å². The number of benzene rings is 2. The van der Waals surface area contributed by atoms with Gasteiger partial charge in [0.05, 0.1) is 17.3 Å². The number of rotatable bonds is 1. The fourth-order valence-corrected chi connectivity index (χ4v) is 4.74. The molecule has 0 saturated carbocycles. The second kappa shape index (κ2) is 5.81. The number of likely N-dealkylation sites (tertiary alicyclic amines) is 1. The summed E-state index contributed by atoms with van der Waals surface area (Å²) in [5, 5.41) is 9.20. The molecule has 0 radical (unpaired) electrons. The zero-order valence-electron chi connectivity index (χ0n) is 14.5. The quantitative estimate of drug-likeness (QED) is 0.793. The molecule has 0 aromatic heterocycles. The summed E-state index contributed by atoms with van der Waals surface area (Å²) in [5.74, 6) is 0.460. The highest BCUT2D eigenvalue weighted by molar-refractivity contribution is 5.96. The number of hydrogen-bond acceptors (Lipinski definition) is 3. The molecule has 1 unspecified atom stereocenters. The molecule has 2 heterocycles. The Kier molecular flexibility index (Phi) is 3.43. The lowest BCUT2D eigenvalue weighted by Gasteiger charge is -2.38. The summed E-state index contributed by atoms with van der Waals surface area (Å²) in [6.07, 6.45) is 5.74. The Morgan fingerprint density at radius 1 is 1.19 bits per heavy atom. The molecule has 1 fully saturated rings. The summed E-state index contributed by atoms with van der Waals surface area (Å²) in [5.41, 5.74) is 6.12. The maximum absolute atomic E-state index is 13.2. The van der Waals surface area contributed by atoms with Crippen LogP contribution in [0.2, 0.25) is 0 Å². The number of piperidine rings is 1. The summed E-state index contributed by atoms with van der Waals surface area (Å²) >= 11 is 0. The molecule has 26 heavy (non-hydrogen) atoms. The SMILES string of the molecule is N#Cc1ccc2c(c1)C1CCCN(C(=O)c3ccc4c(c3)N=CC4)[C@H]1C2. The van der Waals surface area contributed by atoms with Gasteiger partial charge in [-0.15, -0.1) is 0 Å². The zero-order chi connectivity index (χ0) is 17.7. The fraction of sp³-hybridized carbons (Fsp3) is 0.318. The Morgan fingerprint density at radius 2 is 2.08 bits per heavy atom. The predicted octanol–water partition coefficient (Wildman–Crippen LogP) is 3.76. The monoisotopic (exact) mass is 341 g/mol. The van der Waals surface area contributed by atoms with Crippen molar-refractivity contribution in [2.45, 2.75) is 37.6 Å². The van der Waals surface area contributed by atoms with E-state index in [0.717, 1.165) is 43.5 Å². The molecule has 2 aromatic carbocycles. The lowest BCUT2D eigenvalue weighted by Crippen LogP contribution is -2.46. The molecule has 0 bridgehead atoms. The lowest BCUT2D eigenvalue weighted by atomic mass is 9.87. The predicted molar refractivity (Wildman–Crippen MR) is 100.0 cm³/mol. The molecule has 2 aliphatic heterocycles. The third-order valence-electron chi connectivity index (χ3n) is 6.02. The van der Waals surface area contributed by atoms with Crippen LogP contribution in [0.4, 0.5) is 5.69 Å². The molecule has 0 spiro atoms. The number of nitrogens with zero attached hydrogens (tertiary/aromatic N) is 3. The maximum Gasteiger partial charge on any atom is 0.254 e. The summed E-state index contributed by atoms with van der Waals surface area (Å²) in [4.78, 5) is 19.7. The normalized spacial score (nSPS) is 22.5. The number of hydrogen-bond donors (Lipinski definition) is 0. The molecule has 128 valence electrons. The largest absolute Gasteiger partial charge is 0.335 e. The van der Waals surface area contributed by atoms with Crippen molar-refractivity contribution in [2.24, 2.45) is 4.99 Å². The maximum atomic E-state index is 13.2. The smallest absolute Gasteiger partial charge is 0.254 e. The third-order valence-corrected chi connectivity index (χ3v) is 6.02. The first kappa shape index (κ1) is 15.3. The second-order valence-corrected chi connectivity index (χ2v) is 7.40. The summed E-state index contributed by atoms with van der Waals surface area (Å²) in [6, 6.07) is 14.3. The molecule has 5 rings (SSSR count). The Balaban J connectivity index is 1.46. The van der Waals surface area contributed by atoms with Gasteiger partial charge in [0.15, 0.2) is 0 Å². The van der Waals surface area contributed by atoms with Gasteiger partial charge in [0.25, 0.3) is 5.91 Å². The summed E-state index contributed by atoms with van der Waals surface area (Å²) in [6.45, 7) is 0.805. The average Bonchev–Trinajstić information content (AvgIpc) is 3.30. The average molecular weight is 341 g/mol. The molecule has 2 atom stereocenters. The van der Waals surface area contributed by atoms with Crippen LogP contribution < -0.4 is 0 Å². The van der Waals surface area contributed by atoms with Crippen LogP contribution in [-0.2, 0) is 12.8 Å². The summed E-state index contributed by atoms with van der Waals surface area (Å²) in [7, 11) is 0. The number of nitriles is 1. The highest BCUT2D eigenvalue weighted by Crippen LogP contribution is 2.43. The van der Waals surface area contributed by atoms with Gasteiger partial charge in [0.2, 0.25) is 0 Å². The number of aliphatic imine (C=N–C) groups is 1. The Morgan fingerprint density at radius 3 is 2.96 bits per heavy atom. The van der Waals surface area contributed by atoms with E-state index in [2.05, 4.69) is 22.0 Å². The second-order valence-electron chi connectivity index (χ2n) is 7.40. The Labute approximate surface area is 152 Å². The molecule has 2 aromatic rings. The number of amides is 1. The minimum absolute atomic E-state index is 0.109. The Hall–Kier alpha value is -2.93. The number of carbonyl (C=O) groups is 1. The molecule has 0 N–H and O–H groups in total. The highest BCUT2D eigenvalue weighted by atomic mass is 16.2. The molecule has 1 amide bonds. The van der Waals surface area contributed by atoms with Gasteiger partial charge in [-0.2, -0.15) is 5.26 Å². The molecule has 4 nitrogen and oxygen atoms in total. The van der Waals surface area contributed by atoms with Gasteiger partial charge in [0.1, 0.15) is 0 Å². The minimum Gasteiger partial charge on any atom is -0.335 e. The van der Waals surface area contributed by atoms with Gasteiger partial charge >= 0.3 is 0 Å². The van der Waals surface area contributed by atoms with Crippen molar-refractivity contribution in [1.29, 1.82) is 5.26 Å². The lowest BCUT2D eigenvalue weighted by molar-refractivity contribution is 0.0595. The van der Waals surface area contributed by atoms with E-state index in [-0.39, 0.29) is 11.9 Å². The molecule has 4 heteroatoms. The molecule has 3 aliphatic rings. The number of fused-ring (bicyclic) bond motifs is 4. The van der Waals surface area contributed by atoms with Crippen LogP contribution >= 0.6 is 0 Å². The van der Waals surface area contributed by atoms with Crippen molar-refractivity contribution in [2.75, 3.05) is 6.54 Å². The van der Waals surface area contributed by atoms with Crippen molar-refractivity contribution in [3.63, 3.8) is 0 Å². The van der Waals surface area contributed by atoms with Crippen molar-refractivity contribution in [3.8, 4) is 6.07 Å². The molecule has 1 aliphatic carbocycles. The van der Waals surface area contributed by atoms with E-state index in [1.165, 1.54) is 16.7 Å². The van der Waals surface area contributed by atoms with E-state index in [9.17, 15) is 10.1 Å². The van der Waals surface area contributed by atoms with Crippen LogP contribution in [0.3, 0.4) is 0 Å². The van der Waals surface area contributed by atoms with E-state index in [4.69, 9.17) is 0 Å². The highest BCUT2D eigenvalue weighted by Gasteiger charge is 2.41. The van der Waals surface area contributed by atoms with Crippen LogP contribution in [0.1, 0.15) is 51.4 Å². The van der Waals surface area contributed by atoms with Crippen LogP contribution in [0.15, 0.2) is 41.4 Å².